The van der Waals surface area contributed by atoms with Crippen molar-refractivity contribution in [3.8, 4) is 0 Å². The minimum Gasteiger partial charge on any atom is -0.398 e. The number of rotatable bonds is 1. The average molecular weight is 285 g/mol. The normalized spacial score (nSPS) is 17.8. The van der Waals surface area contributed by atoms with E-state index in [9.17, 15) is 5.11 Å². The van der Waals surface area contributed by atoms with Crippen LogP contribution in [-0.2, 0) is 0 Å². The van der Waals surface area contributed by atoms with E-state index >= 15 is 0 Å². The third kappa shape index (κ3) is 2.33. The van der Waals surface area contributed by atoms with Gasteiger partial charge in [0, 0.05) is 23.2 Å². The van der Waals surface area contributed by atoms with Crippen molar-refractivity contribution in [2.24, 2.45) is 0 Å². The second-order valence-electron chi connectivity index (χ2n) is 4.38. The average Bonchev–Trinajstić information content (AvgIpc) is 2.25. The number of aryl methyl sites for hydroxylation is 1. The highest BCUT2D eigenvalue weighted by Crippen LogP contribution is 2.32. The summed E-state index contributed by atoms with van der Waals surface area (Å²) in [5.74, 6) is 0. The summed E-state index contributed by atoms with van der Waals surface area (Å²) >= 11 is 3.55. The molecule has 1 aromatic carbocycles. The molecule has 0 bridgehead atoms. The Kier molecular flexibility index (Phi) is 3.40. The highest BCUT2D eigenvalue weighted by molar-refractivity contribution is 9.10. The Morgan fingerprint density at radius 2 is 2.00 bits per heavy atom. The summed E-state index contributed by atoms with van der Waals surface area (Å²) in [4.78, 5) is 2.29. The number of nitrogens with two attached hydrogens (primary N) is 1. The first-order chi connectivity index (χ1) is 7.58. The summed E-state index contributed by atoms with van der Waals surface area (Å²) in [6.45, 7) is 3.83. The molecule has 4 heteroatoms. The molecule has 1 fully saturated rings. The molecular weight excluding hydrogens is 268 g/mol. The molecule has 0 spiro atoms. The molecule has 0 amide bonds. The fourth-order valence-electron chi connectivity index (χ4n) is 2.03. The van der Waals surface area contributed by atoms with E-state index in [4.69, 9.17) is 5.73 Å². The maximum Gasteiger partial charge on any atom is 0.0574 e. The van der Waals surface area contributed by atoms with Crippen molar-refractivity contribution >= 4 is 27.3 Å². The van der Waals surface area contributed by atoms with Crippen LogP contribution in [-0.4, -0.2) is 24.3 Å². The fraction of sp³-hybridized carbons (Fsp3) is 0.500. The van der Waals surface area contributed by atoms with E-state index in [0.717, 1.165) is 41.7 Å². The van der Waals surface area contributed by atoms with Crippen LogP contribution in [0, 0.1) is 6.92 Å². The van der Waals surface area contributed by atoms with Gasteiger partial charge in [-0.3, -0.25) is 0 Å². The molecule has 0 atom stereocenters. The van der Waals surface area contributed by atoms with E-state index < -0.39 is 0 Å². The molecule has 1 heterocycles. The Morgan fingerprint density at radius 3 is 2.62 bits per heavy atom. The topological polar surface area (TPSA) is 49.5 Å². The third-order valence-corrected chi connectivity index (χ3v) is 3.78. The molecule has 0 unspecified atom stereocenters. The summed E-state index contributed by atoms with van der Waals surface area (Å²) in [5, 5.41) is 9.48. The fourth-order valence-corrected chi connectivity index (χ4v) is 2.64. The predicted molar refractivity (Wildman–Crippen MR) is 70.7 cm³/mol. The summed E-state index contributed by atoms with van der Waals surface area (Å²) < 4.78 is 1.03. The standard InChI is InChI=1S/C12H17BrN2O/c1-8-6-12(10(13)7-11(8)14)15-4-2-9(16)3-5-15/h6-7,9,16H,2-5,14H2,1H3. The number of aliphatic hydroxyl groups excluding tert-OH is 1. The molecule has 16 heavy (non-hydrogen) atoms. The summed E-state index contributed by atoms with van der Waals surface area (Å²) in [5.41, 5.74) is 8.95. The van der Waals surface area contributed by atoms with Gasteiger partial charge < -0.3 is 15.7 Å². The zero-order chi connectivity index (χ0) is 11.7. The molecule has 1 aliphatic rings. The van der Waals surface area contributed by atoms with E-state index in [0.29, 0.717) is 0 Å². The molecule has 1 saturated heterocycles. The second kappa shape index (κ2) is 4.63. The van der Waals surface area contributed by atoms with Gasteiger partial charge in [0.2, 0.25) is 0 Å². The molecule has 3 nitrogen and oxygen atoms in total. The lowest BCUT2D eigenvalue weighted by molar-refractivity contribution is 0.145. The van der Waals surface area contributed by atoms with E-state index in [1.165, 1.54) is 5.69 Å². The Hall–Kier alpha value is -0.740. The molecule has 1 aliphatic heterocycles. The minimum atomic E-state index is -0.134. The maximum absolute atomic E-state index is 9.48. The lowest BCUT2D eigenvalue weighted by Crippen LogP contribution is -2.36. The molecular formula is C12H17BrN2O. The van der Waals surface area contributed by atoms with Crippen LogP contribution in [0.1, 0.15) is 18.4 Å². The van der Waals surface area contributed by atoms with Crippen LogP contribution in [0.15, 0.2) is 16.6 Å². The largest absolute Gasteiger partial charge is 0.398 e. The van der Waals surface area contributed by atoms with Gasteiger partial charge in [-0.2, -0.15) is 0 Å². The first-order valence-corrected chi connectivity index (χ1v) is 6.36. The molecule has 1 aromatic rings. The number of anilines is 2. The highest BCUT2D eigenvalue weighted by atomic mass is 79.9. The van der Waals surface area contributed by atoms with Gasteiger partial charge in [0.15, 0.2) is 0 Å². The molecule has 0 radical (unpaired) electrons. The molecule has 0 saturated carbocycles. The van der Waals surface area contributed by atoms with Crippen molar-refractivity contribution in [1.82, 2.24) is 0 Å². The van der Waals surface area contributed by atoms with Gasteiger partial charge in [-0.15, -0.1) is 0 Å². The van der Waals surface area contributed by atoms with Gasteiger partial charge in [-0.1, -0.05) is 0 Å². The lowest BCUT2D eigenvalue weighted by atomic mass is 10.1. The number of nitrogen functional groups attached to an aromatic ring is 1. The lowest BCUT2D eigenvalue weighted by Gasteiger charge is -2.32. The summed E-state index contributed by atoms with van der Waals surface area (Å²) in [6.07, 6.45) is 1.55. The Balaban J connectivity index is 2.23. The molecule has 0 aliphatic carbocycles. The third-order valence-electron chi connectivity index (χ3n) is 3.14. The Labute approximate surface area is 104 Å². The number of piperidine rings is 1. The van der Waals surface area contributed by atoms with Gasteiger partial charge in [0.05, 0.1) is 11.8 Å². The van der Waals surface area contributed by atoms with Crippen LogP contribution in [0.2, 0.25) is 0 Å². The number of halogens is 1. The van der Waals surface area contributed by atoms with Crippen molar-refractivity contribution in [2.45, 2.75) is 25.9 Å². The van der Waals surface area contributed by atoms with E-state index in [-0.39, 0.29) is 6.10 Å². The van der Waals surface area contributed by atoms with Crippen LogP contribution < -0.4 is 10.6 Å². The zero-order valence-corrected chi connectivity index (χ0v) is 11.0. The van der Waals surface area contributed by atoms with Crippen LogP contribution >= 0.6 is 15.9 Å². The van der Waals surface area contributed by atoms with Gasteiger partial charge in [-0.25, -0.2) is 0 Å². The van der Waals surface area contributed by atoms with E-state index in [2.05, 4.69) is 26.9 Å². The van der Waals surface area contributed by atoms with Crippen molar-refractivity contribution in [3.05, 3.63) is 22.2 Å². The molecule has 0 aromatic heterocycles. The van der Waals surface area contributed by atoms with Crippen molar-refractivity contribution in [2.75, 3.05) is 23.7 Å². The number of benzene rings is 1. The second-order valence-corrected chi connectivity index (χ2v) is 5.23. The quantitative estimate of drug-likeness (QED) is 0.778. The Bertz CT molecular complexity index is 387. The highest BCUT2D eigenvalue weighted by Gasteiger charge is 2.19. The van der Waals surface area contributed by atoms with E-state index in [1.54, 1.807) is 0 Å². The van der Waals surface area contributed by atoms with Crippen molar-refractivity contribution in [3.63, 3.8) is 0 Å². The van der Waals surface area contributed by atoms with Gasteiger partial charge in [0.25, 0.3) is 0 Å². The number of hydrogen-bond acceptors (Lipinski definition) is 3. The molecule has 2 rings (SSSR count). The smallest absolute Gasteiger partial charge is 0.0574 e. The number of aliphatic hydroxyl groups is 1. The monoisotopic (exact) mass is 284 g/mol. The first-order valence-electron chi connectivity index (χ1n) is 5.56. The van der Waals surface area contributed by atoms with Gasteiger partial charge in [-0.05, 0) is 53.4 Å². The van der Waals surface area contributed by atoms with Crippen molar-refractivity contribution in [1.29, 1.82) is 0 Å². The predicted octanol–water partition coefficient (Wildman–Crippen LogP) is 2.30. The van der Waals surface area contributed by atoms with Crippen LogP contribution in [0.25, 0.3) is 0 Å². The minimum absolute atomic E-state index is 0.134. The van der Waals surface area contributed by atoms with E-state index in [1.807, 2.05) is 13.0 Å². The van der Waals surface area contributed by atoms with Crippen molar-refractivity contribution < 1.29 is 5.11 Å². The first kappa shape index (κ1) is 11.7. The maximum atomic E-state index is 9.48. The Morgan fingerprint density at radius 1 is 1.38 bits per heavy atom. The molecule has 3 N–H and O–H groups in total. The van der Waals surface area contributed by atoms with Crippen LogP contribution in [0.4, 0.5) is 11.4 Å². The molecule has 88 valence electrons. The number of nitrogens with zero attached hydrogens (tertiary/aromatic N) is 1. The summed E-state index contributed by atoms with van der Waals surface area (Å²) in [6, 6.07) is 4.06. The SMILES string of the molecule is Cc1cc(N2CCC(O)CC2)c(Br)cc1N. The summed E-state index contributed by atoms with van der Waals surface area (Å²) in [7, 11) is 0. The van der Waals surface area contributed by atoms with Crippen LogP contribution in [0.5, 0.6) is 0 Å². The zero-order valence-electron chi connectivity index (χ0n) is 9.41. The van der Waals surface area contributed by atoms with Crippen LogP contribution in [0.3, 0.4) is 0 Å². The number of hydrogen-bond donors (Lipinski definition) is 2. The van der Waals surface area contributed by atoms with Gasteiger partial charge in [0.1, 0.15) is 0 Å². The van der Waals surface area contributed by atoms with Gasteiger partial charge >= 0.3 is 0 Å².